The molecule has 1 N–H and O–H groups in total. The van der Waals surface area contributed by atoms with Crippen LogP contribution in [0.5, 0.6) is 0 Å². The standard InChI is InChI=1S/C26H25N5O3/c1-17-14-20-22(23(18-6-4-3-5-7-18)29(2)24(20)28-15-17)25(32)31-12-10-30(11-13-31)21-9-8-19(16-27-21)26(33)34/h3-9,14-16H,10-13H2,1-2H3,(H,33,34). The molecule has 0 unspecified atom stereocenters. The zero-order chi connectivity index (χ0) is 23.8. The fraction of sp³-hybridized carbons (Fsp3) is 0.231. The van der Waals surface area contributed by atoms with Gasteiger partial charge < -0.3 is 19.5 Å². The van der Waals surface area contributed by atoms with Crippen molar-refractivity contribution in [1.29, 1.82) is 0 Å². The van der Waals surface area contributed by atoms with Gasteiger partial charge in [0.05, 0.1) is 16.8 Å². The topological polar surface area (TPSA) is 91.6 Å². The molecule has 1 fully saturated rings. The minimum absolute atomic E-state index is 0.00862. The Kier molecular flexibility index (Phi) is 5.49. The largest absolute Gasteiger partial charge is 0.478 e. The summed E-state index contributed by atoms with van der Waals surface area (Å²) in [4.78, 5) is 37.8. The van der Waals surface area contributed by atoms with Crippen LogP contribution in [0.25, 0.3) is 22.3 Å². The number of carboxylic acids is 1. The molecule has 1 aromatic carbocycles. The Morgan fingerprint density at radius 3 is 2.32 bits per heavy atom. The van der Waals surface area contributed by atoms with Crippen LogP contribution in [0.15, 0.2) is 60.9 Å². The third-order valence-corrected chi connectivity index (χ3v) is 6.31. The average Bonchev–Trinajstić information content (AvgIpc) is 3.15. The molecular formula is C26H25N5O3. The number of anilines is 1. The summed E-state index contributed by atoms with van der Waals surface area (Å²) in [6.07, 6.45) is 3.19. The number of aromatic nitrogens is 3. The number of nitrogens with zero attached hydrogens (tertiary/aromatic N) is 5. The number of aromatic carboxylic acids is 1. The van der Waals surface area contributed by atoms with E-state index < -0.39 is 5.97 Å². The van der Waals surface area contributed by atoms with Crippen LogP contribution in [0.1, 0.15) is 26.3 Å². The van der Waals surface area contributed by atoms with Gasteiger partial charge in [0.2, 0.25) is 0 Å². The molecule has 1 saturated heterocycles. The number of carbonyl (C=O) groups is 2. The van der Waals surface area contributed by atoms with E-state index in [0.29, 0.717) is 37.6 Å². The fourth-order valence-electron chi connectivity index (χ4n) is 4.56. The first-order valence-electron chi connectivity index (χ1n) is 11.2. The predicted molar refractivity (Wildman–Crippen MR) is 130 cm³/mol. The number of piperazine rings is 1. The van der Waals surface area contributed by atoms with Crippen molar-refractivity contribution in [3.05, 3.63) is 77.6 Å². The van der Waals surface area contributed by atoms with Gasteiger partial charge in [0.1, 0.15) is 11.5 Å². The molecule has 1 aliphatic rings. The second-order valence-corrected chi connectivity index (χ2v) is 8.52. The molecular weight excluding hydrogens is 430 g/mol. The Bertz CT molecular complexity index is 1370. The number of amides is 1. The van der Waals surface area contributed by atoms with E-state index in [9.17, 15) is 9.59 Å². The van der Waals surface area contributed by atoms with Crippen molar-refractivity contribution >= 4 is 28.7 Å². The normalized spacial score (nSPS) is 13.9. The van der Waals surface area contributed by atoms with Crippen molar-refractivity contribution in [2.24, 2.45) is 7.05 Å². The zero-order valence-corrected chi connectivity index (χ0v) is 19.1. The van der Waals surface area contributed by atoms with Gasteiger partial charge >= 0.3 is 5.97 Å². The highest BCUT2D eigenvalue weighted by Crippen LogP contribution is 2.34. The number of rotatable bonds is 4. The molecule has 0 atom stereocenters. The lowest BCUT2D eigenvalue weighted by molar-refractivity contribution is 0.0694. The van der Waals surface area contributed by atoms with E-state index in [1.54, 1.807) is 12.1 Å². The molecule has 172 valence electrons. The molecule has 34 heavy (non-hydrogen) atoms. The Balaban J connectivity index is 1.45. The number of hydrogen-bond acceptors (Lipinski definition) is 5. The van der Waals surface area contributed by atoms with Gasteiger partial charge in [-0.05, 0) is 36.2 Å². The molecule has 1 amide bonds. The van der Waals surface area contributed by atoms with Crippen molar-refractivity contribution in [1.82, 2.24) is 19.4 Å². The highest BCUT2D eigenvalue weighted by Gasteiger charge is 2.29. The summed E-state index contributed by atoms with van der Waals surface area (Å²) in [5.41, 5.74) is 4.47. The van der Waals surface area contributed by atoms with Crippen LogP contribution in [0.2, 0.25) is 0 Å². The predicted octanol–water partition coefficient (Wildman–Crippen LogP) is 3.60. The Morgan fingerprint density at radius 2 is 1.68 bits per heavy atom. The van der Waals surface area contributed by atoms with E-state index >= 15 is 0 Å². The highest BCUT2D eigenvalue weighted by molar-refractivity contribution is 6.12. The third-order valence-electron chi connectivity index (χ3n) is 6.31. The van der Waals surface area contributed by atoms with Crippen LogP contribution >= 0.6 is 0 Å². The molecule has 0 saturated carbocycles. The minimum atomic E-state index is -0.997. The van der Waals surface area contributed by atoms with Gasteiger partial charge in [-0.2, -0.15) is 0 Å². The Morgan fingerprint density at radius 1 is 0.941 bits per heavy atom. The van der Waals surface area contributed by atoms with Crippen molar-refractivity contribution in [3.63, 3.8) is 0 Å². The highest BCUT2D eigenvalue weighted by atomic mass is 16.4. The Hall–Kier alpha value is -4.20. The second kappa shape index (κ2) is 8.62. The van der Waals surface area contributed by atoms with Gasteiger partial charge in [0.25, 0.3) is 5.91 Å². The maximum Gasteiger partial charge on any atom is 0.337 e. The van der Waals surface area contributed by atoms with E-state index in [2.05, 4.69) is 14.9 Å². The number of pyridine rings is 2. The lowest BCUT2D eigenvalue weighted by Crippen LogP contribution is -2.49. The first-order valence-corrected chi connectivity index (χ1v) is 11.2. The zero-order valence-electron chi connectivity index (χ0n) is 19.1. The molecule has 1 aliphatic heterocycles. The second-order valence-electron chi connectivity index (χ2n) is 8.52. The number of benzene rings is 1. The first kappa shape index (κ1) is 21.6. The van der Waals surface area contributed by atoms with Crippen LogP contribution in [0.4, 0.5) is 5.82 Å². The molecule has 0 aliphatic carbocycles. The summed E-state index contributed by atoms with van der Waals surface area (Å²) in [5, 5.41) is 9.95. The number of fused-ring (bicyclic) bond motifs is 1. The summed E-state index contributed by atoms with van der Waals surface area (Å²) in [6, 6.07) is 15.2. The summed E-state index contributed by atoms with van der Waals surface area (Å²) < 4.78 is 2.00. The number of carbonyl (C=O) groups excluding carboxylic acids is 1. The third kappa shape index (κ3) is 3.77. The van der Waals surface area contributed by atoms with E-state index in [1.165, 1.54) is 6.20 Å². The van der Waals surface area contributed by atoms with Gasteiger partial charge in [-0.3, -0.25) is 4.79 Å². The van der Waals surface area contributed by atoms with Crippen LogP contribution < -0.4 is 4.90 Å². The maximum absolute atomic E-state index is 13.9. The number of carboxylic acid groups (broad SMARTS) is 1. The van der Waals surface area contributed by atoms with E-state index in [-0.39, 0.29) is 11.5 Å². The van der Waals surface area contributed by atoms with E-state index in [1.807, 2.05) is 66.0 Å². The number of hydrogen-bond donors (Lipinski definition) is 1. The molecule has 8 heteroatoms. The lowest BCUT2D eigenvalue weighted by Gasteiger charge is -2.35. The van der Waals surface area contributed by atoms with Crippen LogP contribution in [0, 0.1) is 6.92 Å². The monoisotopic (exact) mass is 455 g/mol. The molecule has 4 aromatic rings. The van der Waals surface area contributed by atoms with Crippen molar-refractivity contribution < 1.29 is 14.7 Å². The smallest absolute Gasteiger partial charge is 0.337 e. The maximum atomic E-state index is 13.9. The number of aryl methyl sites for hydroxylation is 2. The SMILES string of the molecule is Cc1cnc2c(c1)c(C(=O)N1CCN(c3ccc(C(=O)O)cn3)CC1)c(-c1ccccc1)n2C. The van der Waals surface area contributed by atoms with E-state index in [4.69, 9.17) is 5.11 Å². The Labute approximate surface area is 197 Å². The van der Waals surface area contributed by atoms with Gasteiger partial charge in [0.15, 0.2) is 0 Å². The van der Waals surface area contributed by atoms with Gasteiger partial charge in [-0.15, -0.1) is 0 Å². The average molecular weight is 456 g/mol. The van der Waals surface area contributed by atoms with Gasteiger partial charge in [-0.25, -0.2) is 14.8 Å². The molecule has 8 nitrogen and oxygen atoms in total. The molecule has 3 aromatic heterocycles. The first-order chi connectivity index (χ1) is 16.4. The van der Waals surface area contributed by atoms with Crippen molar-refractivity contribution in [3.8, 4) is 11.3 Å². The summed E-state index contributed by atoms with van der Waals surface area (Å²) in [6.45, 7) is 4.31. The van der Waals surface area contributed by atoms with Crippen molar-refractivity contribution in [2.75, 3.05) is 31.1 Å². The molecule has 0 spiro atoms. The van der Waals surface area contributed by atoms with E-state index in [0.717, 1.165) is 27.9 Å². The minimum Gasteiger partial charge on any atom is -0.478 e. The quantitative estimate of drug-likeness (QED) is 0.506. The van der Waals surface area contributed by atoms with Gasteiger partial charge in [-0.1, -0.05) is 30.3 Å². The van der Waals surface area contributed by atoms with Crippen LogP contribution in [-0.2, 0) is 7.05 Å². The van der Waals surface area contributed by atoms with Crippen LogP contribution in [0.3, 0.4) is 0 Å². The molecule has 0 bridgehead atoms. The molecule has 5 rings (SSSR count). The lowest BCUT2D eigenvalue weighted by atomic mass is 10.0. The summed E-state index contributed by atoms with van der Waals surface area (Å²) >= 11 is 0. The summed E-state index contributed by atoms with van der Waals surface area (Å²) in [5.74, 6) is -0.291. The molecule has 4 heterocycles. The van der Waals surface area contributed by atoms with Crippen molar-refractivity contribution in [2.45, 2.75) is 6.92 Å². The summed E-state index contributed by atoms with van der Waals surface area (Å²) in [7, 11) is 1.95. The van der Waals surface area contributed by atoms with Gasteiger partial charge in [0, 0.05) is 51.0 Å². The fourth-order valence-corrected chi connectivity index (χ4v) is 4.56. The van der Waals surface area contributed by atoms with Crippen LogP contribution in [-0.4, -0.2) is 62.6 Å². The molecule has 0 radical (unpaired) electrons.